The summed E-state index contributed by atoms with van der Waals surface area (Å²) in [4.78, 5) is 14.8. The second-order valence-electron chi connectivity index (χ2n) is 5.86. The Kier molecular flexibility index (Phi) is 6.07. The molecular formula is C17H25ClN2O. The third-order valence-electron chi connectivity index (χ3n) is 4.09. The van der Waals surface area contributed by atoms with E-state index in [1.54, 1.807) is 6.07 Å². The fraction of sp³-hybridized carbons (Fsp3) is 0.588. The van der Waals surface area contributed by atoms with Crippen molar-refractivity contribution in [2.75, 3.05) is 19.6 Å². The van der Waals surface area contributed by atoms with Gasteiger partial charge in [-0.25, -0.2) is 0 Å². The van der Waals surface area contributed by atoms with Crippen LogP contribution in [0.15, 0.2) is 18.2 Å². The minimum atomic E-state index is 0.131. The molecule has 0 aromatic heterocycles. The van der Waals surface area contributed by atoms with Crippen molar-refractivity contribution in [1.29, 1.82) is 0 Å². The zero-order chi connectivity index (χ0) is 15.2. The molecule has 0 aliphatic carbocycles. The van der Waals surface area contributed by atoms with Crippen molar-refractivity contribution in [1.82, 2.24) is 10.2 Å². The molecule has 0 bridgehead atoms. The standard InChI is InChI=1S/C17H25ClN2O/c1-3-4-10-20(12-15-6-5-9-19-15)17(21)16-8-7-14(18)11-13(16)2/h7-8,11,15,19H,3-6,9-10,12H2,1-2H3. The van der Waals surface area contributed by atoms with Crippen molar-refractivity contribution < 1.29 is 4.79 Å². The average molecular weight is 309 g/mol. The monoisotopic (exact) mass is 308 g/mol. The Balaban J connectivity index is 2.11. The highest BCUT2D eigenvalue weighted by molar-refractivity contribution is 6.30. The lowest BCUT2D eigenvalue weighted by atomic mass is 10.1. The number of halogens is 1. The summed E-state index contributed by atoms with van der Waals surface area (Å²) in [6.45, 7) is 6.81. The van der Waals surface area contributed by atoms with Crippen molar-refractivity contribution in [2.45, 2.75) is 45.6 Å². The van der Waals surface area contributed by atoms with E-state index in [0.29, 0.717) is 11.1 Å². The van der Waals surface area contributed by atoms with Gasteiger partial charge in [0.05, 0.1) is 0 Å². The Labute approximate surface area is 132 Å². The topological polar surface area (TPSA) is 32.3 Å². The van der Waals surface area contributed by atoms with Crippen LogP contribution >= 0.6 is 11.6 Å². The fourth-order valence-corrected chi connectivity index (χ4v) is 3.07. The maximum atomic E-state index is 12.8. The van der Waals surface area contributed by atoms with Gasteiger partial charge in [0.1, 0.15) is 0 Å². The van der Waals surface area contributed by atoms with Crippen molar-refractivity contribution in [2.24, 2.45) is 0 Å². The van der Waals surface area contributed by atoms with Crippen molar-refractivity contribution in [3.05, 3.63) is 34.3 Å². The molecule has 1 saturated heterocycles. The highest BCUT2D eigenvalue weighted by Gasteiger charge is 2.23. The highest BCUT2D eigenvalue weighted by atomic mass is 35.5. The van der Waals surface area contributed by atoms with Crippen LogP contribution in [0.4, 0.5) is 0 Å². The smallest absolute Gasteiger partial charge is 0.254 e. The summed E-state index contributed by atoms with van der Waals surface area (Å²) in [6, 6.07) is 5.95. The van der Waals surface area contributed by atoms with Gasteiger partial charge < -0.3 is 10.2 Å². The fourth-order valence-electron chi connectivity index (χ4n) is 2.84. The van der Waals surface area contributed by atoms with Gasteiger partial charge in [-0.2, -0.15) is 0 Å². The Hall–Kier alpha value is -1.06. The molecule has 1 aliphatic heterocycles. The van der Waals surface area contributed by atoms with E-state index in [2.05, 4.69) is 12.2 Å². The minimum absolute atomic E-state index is 0.131. The van der Waals surface area contributed by atoms with Crippen molar-refractivity contribution >= 4 is 17.5 Å². The normalized spacial score (nSPS) is 18.0. The van der Waals surface area contributed by atoms with Gasteiger partial charge in [0.25, 0.3) is 5.91 Å². The van der Waals surface area contributed by atoms with Crippen LogP contribution in [0.3, 0.4) is 0 Å². The molecule has 1 N–H and O–H groups in total. The van der Waals surface area contributed by atoms with Crippen LogP contribution in [0.2, 0.25) is 5.02 Å². The van der Waals surface area contributed by atoms with Gasteiger partial charge in [-0.15, -0.1) is 0 Å². The Bertz CT molecular complexity index is 484. The number of hydrogen-bond acceptors (Lipinski definition) is 2. The second-order valence-corrected chi connectivity index (χ2v) is 6.29. The van der Waals surface area contributed by atoms with Gasteiger partial charge in [0.15, 0.2) is 0 Å². The molecular weight excluding hydrogens is 284 g/mol. The van der Waals surface area contributed by atoms with Crippen molar-refractivity contribution in [3.8, 4) is 0 Å². The summed E-state index contributed by atoms with van der Waals surface area (Å²) < 4.78 is 0. The summed E-state index contributed by atoms with van der Waals surface area (Å²) >= 11 is 5.99. The number of carbonyl (C=O) groups excluding carboxylic acids is 1. The van der Waals surface area contributed by atoms with Crippen molar-refractivity contribution in [3.63, 3.8) is 0 Å². The molecule has 1 aliphatic rings. The second kappa shape index (κ2) is 7.81. The molecule has 1 aromatic carbocycles. The van der Waals surface area contributed by atoms with E-state index in [4.69, 9.17) is 11.6 Å². The van der Waals surface area contributed by atoms with Crippen LogP contribution in [0.1, 0.15) is 48.5 Å². The first-order valence-corrected chi connectivity index (χ1v) is 8.28. The summed E-state index contributed by atoms with van der Waals surface area (Å²) in [6.07, 6.45) is 4.52. The summed E-state index contributed by atoms with van der Waals surface area (Å²) in [5.74, 6) is 0.131. The Morgan fingerprint density at radius 2 is 2.29 bits per heavy atom. The molecule has 21 heavy (non-hydrogen) atoms. The number of rotatable bonds is 6. The van der Waals surface area contributed by atoms with E-state index < -0.39 is 0 Å². The molecule has 1 atom stereocenters. The van der Waals surface area contributed by atoms with Gasteiger partial charge in [0, 0.05) is 29.7 Å². The third kappa shape index (κ3) is 4.45. The zero-order valence-electron chi connectivity index (χ0n) is 13.0. The lowest BCUT2D eigenvalue weighted by molar-refractivity contribution is 0.0739. The number of unbranched alkanes of at least 4 members (excludes halogenated alkanes) is 1. The Morgan fingerprint density at radius 3 is 2.90 bits per heavy atom. The lowest BCUT2D eigenvalue weighted by Gasteiger charge is -2.26. The van der Waals surface area contributed by atoms with Crippen LogP contribution in [-0.4, -0.2) is 36.5 Å². The van der Waals surface area contributed by atoms with E-state index in [9.17, 15) is 4.79 Å². The van der Waals surface area contributed by atoms with Gasteiger partial charge >= 0.3 is 0 Å². The number of nitrogens with one attached hydrogen (secondary N) is 1. The molecule has 3 nitrogen and oxygen atoms in total. The first-order chi connectivity index (χ1) is 10.1. The number of amides is 1. The van der Waals surface area contributed by atoms with Crippen LogP contribution in [-0.2, 0) is 0 Å². The molecule has 2 rings (SSSR count). The maximum absolute atomic E-state index is 12.8. The third-order valence-corrected chi connectivity index (χ3v) is 4.33. The summed E-state index contributed by atoms with van der Waals surface area (Å²) in [5, 5.41) is 4.16. The van der Waals surface area contributed by atoms with Gasteiger partial charge in [-0.1, -0.05) is 24.9 Å². The molecule has 116 valence electrons. The molecule has 1 aromatic rings. The summed E-state index contributed by atoms with van der Waals surface area (Å²) in [7, 11) is 0. The van der Waals surface area contributed by atoms with Crippen LogP contribution in [0.5, 0.6) is 0 Å². The molecule has 4 heteroatoms. The van der Waals surface area contributed by atoms with E-state index in [0.717, 1.165) is 50.0 Å². The largest absolute Gasteiger partial charge is 0.337 e. The van der Waals surface area contributed by atoms with Crippen LogP contribution in [0.25, 0.3) is 0 Å². The number of nitrogens with zero attached hydrogens (tertiary/aromatic N) is 1. The molecule has 1 unspecified atom stereocenters. The van der Waals surface area contributed by atoms with Crippen LogP contribution in [0, 0.1) is 6.92 Å². The van der Waals surface area contributed by atoms with Gasteiger partial charge in [-0.3, -0.25) is 4.79 Å². The molecule has 1 heterocycles. The first-order valence-electron chi connectivity index (χ1n) is 7.90. The number of carbonyl (C=O) groups is 1. The van der Waals surface area contributed by atoms with E-state index >= 15 is 0 Å². The van der Waals surface area contributed by atoms with E-state index in [1.165, 1.54) is 6.42 Å². The average Bonchev–Trinajstić information content (AvgIpc) is 2.95. The first kappa shape index (κ1) is 16.3. The summed E-state index contributed by atoms with van der Waals surface area (Å²) in [5.41, 5.74) is 1.72. The molecule has 0 radical (unpaired) electrons. The number of hydrogen-bond donors (Lipinski definition) is 1. The van der Waals surface area contributed by atoms with Crippen LogP contribution < -0.4 is 5.32 Å². The number of aryl methyl sites for hydroxylation is 1. The quantitative estimate of drug-likeness (QED) is 0.870. The number of benzene rings is 1. The highest BCUT2D eigenvalue weighted by Crippen LogP contribution is 2.18. The predicted molar refractivity (Wildman–Crippen MR) is 88.0 cm³/mol. The zero-order valence-corrected chi connectivity index (χ0v) is 13.7. The lowest BCUT2D eigenvalue weighted by Crippen LogP contribution is -2.41. The molecule has 0 saturated carbocycles. The van der Waals surface area contributed by atoms with Gasteiger partial charge in [-0.05, 0) is 56.5 Å². The predicted octanol–water partition coefficient (Wildman–Crippen LogP) is 3.64. The molecule has 1 fully saturated rings. The Morgan fingerprint density at radius 1 is 1.48 bits per heavy atom. The van der Waals surface area contributed by atoms with Gasteiger partial charge in [0.2, 0.25) is 0 Å². The maximum Gasteiger partial charge on any atom is 0.254 e. The molecule has 0 spiro atoms. The van der Waals surface area contributed by atoms with E-state index in [1.807, 2.05) is 24.0 Å². The van der Waals surface area contributed by atoms with E-state index in [-0.39, 0.29) is 5.91 Å². The SMILES string of the molecule is CCCCN(CC1CCCN1)C(=O)c1ccc(Cl)cc1C. The molecule has 1 amide bonds. The minimum Gasteiger partial charge on any atom is -0.337 e.